The van der Waals surface area contributed by atoms with E-state index in [0.29, 0.717) is 12.7 Å². The minimum Gasteiger partial charge on any atom is -0.369 e. The first-order valence-corrected chi connectivity index (χ1v) is 6.17. The summed E-state index contributed by atoms with van der Waals surface area (Å²) in [5.41, 5.74) is 0. The van der Waals surface area contributed by atoms with Crippen LogP contribution in [0.4, 0.5) is 0 Å². The highest BCUT2D eigenvalue weighted by molar-refractivity contribution is 4.97. The number of hydrogen-bond donors (Lipinski definition) is 1. The smallest absolute Gasteiger partial charge is 0.159 e. The average Bonchev–Trinajstić information content (AvgIpc) is 2.96. The van der Waals surface area contributed by atoms with Gasteiger partial charge in [-0.05, 0) is 25.8 Å². The molecule has 0 amide bonds. The van der Waals surface area contributed by atoms with Gasteiger partial charge in [0.15, 0.2) is 5.82 Å². The van der Waals surface area contributed by atoms with Crippen LogP contribution in [0.15, 0.2) is 0 Å². The number of hydrogen-bond acceptors (Lipinski definition) is 4. The van der Waals surface area contributed by atoms with E-state index >= 15 is 0 Å². The zero-order chi connectivity index (χ0) is 10.8. The highest BCUT2D eigenvalue weighted by Gasteiger charge is 2.19. The van der Waals surface area contributed by atoms with E-state index in [1.54, 1.807) is 0 Å². The van der Waals surface area contributed by atoms with E-state index in [2.05, 4.69) is 20.1 Å². The molecule has 3 heterocycles. The highest BCUT2D eigenvalue weighted by Crippen LogP contribution is 2.15. The van der Waals surface area contributed by atoms with E-state index in [9.17, 15) is 0 Å². The monoisotopic (exact) mass is 222 g/mol. The summed E-state index contributed by atoms with van der Waals surface area (Å²) in [5, 5.41) is 11.7. The lowest BCUT2D eigenvalue weighted by molar-refractivity contribution is 0.0479. The molecular formula is C11H18N4O. The summed E-state index contributed by atoms with van der Waals surface area (Å²) in [6.07, 6.45) is 5.02. The molecule has 1 aromatic rings. The van der Waals surface area contributed by atoms with Crippen LogP contribution >= 0.6 is 0 Å². The van der Waals surface area contributed by atoms with Gasteiger partial charge in [-0.1, -0.05) is 0 Å². The van der Waals surface area contributed by atoms with Crippen molar-refractivity contribution in [2.24, 2.45) is 0 Å². The molecule has 0 aromatic carbocycles. The molecule has 1 saturated heterocycles. The minimum absolute atomic E-state index is 0.358. The second-order valence-corrected chi connectivity index (χ2v) is 4.57. The molecule has 1 fully saturated rings. The van der Waals surface area contributed by atoms with Gasteiger partial charge in [0.05, 0.1) is 6.10 Å². The molecule has 0 spiro atoms. The Bertz CT molecular complexity index is 357. The van der Waals surface area contributed by atoms with E-state index in [0.717, 1.165) is 44.1 Å². The summed E-state index contributed by atoms with van der Waals surface area (Å²) in [6.45, 7) is 3.72. The van der Waals surface area contributed by atoms with Crippen LogP contribution in [0.3, 0.4) is 0 Å². The summed E-state index contributed by atoms with van der Waals surface area (Å²) in [4.78, 5) is 0. The van der Waals surface area contributed by atoms with Gasteiger partial charge < -0.3 is 14.6 Å². The first-order valence-electron chi connectivity index (χ1n) is 6.17. The maximum absolute atomic E-state index is 5.83. The fourth-order valence-electron chi connectivity index (χ4n) is 2.44. The molecule has 5 nitrogen and oxygen atoms in total. The van der Waals surface area contributed by atoms with Crippen molar-refractivity contribution in [2.75, 3.05) is 13.1 Å². The zero-order valence-corrected chi connectivity index (χ0v) is 9.48. The number of rotatable bonds is 3. The van der Waals surface area contributed by atoms with Crippen LogP contribution in [0.1, 0.15) is 30.9 Å². The topological polar surface area (TPSA) is 52.0 Å². The van der Waals surface area contributed by atoms with Crippen molar-refractivity contribution in [1.29, 1.82) is 0 Å². The van der Waals surface area contributed by atoms with Crippen molar-refractivity contribution < 1.29 is 4.74 Å². The molecule has 1 N–H and O–H groups in total. The number of nitrogens with zero attached hydrogens (tertiary/aromatic N) is 3. The molecule has 0 saturated carbocycles. The van der Waals surface area contributed by atoms with Crippen LogP contribution in [-0.2, 0) is 24.3 Å². The average molecular weight is 222 g/mol. The largest absolute Gasteiger partial charge is 0.369 e. The van der Waals surface area contributed by atoms with Gasteiger partial charge in [0, 0.05) is 19.5 Å². The Balaban J connectivity index is 1.63. The first kappa shape index (κ1) is 10.2. The molecule has 0 aliphatic carbocycles. The summed E-state index contributed by atoms with van der Waals surface area (Å²) >= 11 is 0. The van der Waals surface area contributed by atoms with Gasteiger partial charge in [-0.15, -0.1) is 10.2 Å². The van der Waals surface area contributed by atoms with Gasteiger partial charge in [-0.2, -0.15) is 0 Å². The molecule has 1 atom stereocenters. The fourth-order valence-corrected chi connectivity index (χ4v) is 2.44. The Morgan fingerprint density at radius 2 is 2.38 bits per heavy atom. The molecule has 0 radical (unpaired) electrons. The lowest BCUT2D eigenvalue weighted by Gasteiger charge is -2.15. The number of aromatic nitrogens is 3. The summed E-state index contributed by atoms with van der Waals surface area (Å²) in [7, 11) is 0. The third kappa shape index (κ3) is 1.97. The Morgan fingerprint density at radius 3 is 3.25 bits per heavy atom. The van der Waals surface area contributed by atoms with Crippen molar-refractivity contribution in [3.05, 3.63) is 11.6 Å². The molecule has 1 aromatic heterocycles. The Morgan fingerprint density at radius 1 is 1.38 bits per heavy atom. The Labute approximate surface area is 95.2 Å². The molecular weight excluding hydrogens is 204 g/mol. The van der Waals surface area contributed by atoms with Crippen LogP contribution in [0.25, 0.3) is 0 Å². The first-order chi connectivity index (χ1) is 7.93. The van der Waals surface area contributed by atoms with E-state index in [4.69, 9.17) is 4.74 Å². The van der Waals surface area contributed by atoms with E-state index in [1.807, 2.05) is 0 Å². The second kappa shape index (κ2) is 4.51. The SMILES string of the molecule is C1CCn2c(nnc2COC2CCNC2)C1. The fraction of sp³-hybridized carbons (Fsp3) is 0.818. The van der Waals surface area contributed by atoms with Crippen LogP contribution < -0.4 is 5.32 Å². The van der Waals surface area contributed by atoms with Crippen LogP contribution in [0.5, 0.6) is 0 Å². The second-order valence-electron chi connectivity index (χ2n) is 4.57. The van der Waals surface area contributed by atoms with Gasteiger partial charge in [0.2, 0.25) is 0 Å². The van der Waals surface area contributed by atoms with Crippen molar-refractivity contribution in [2.45, 2.75) is 44.9 Å². The van der Waals surface area contributed by atoms with Gasteiger partial charge in [-0.25, -0.2) is 0 Å². The van der Waals surface area contributed by atoms with Crippen molar-refractivity contribution in [1.82, 2.24) is 20.1 Å². The van der Waals surface area contributed by atoms with Crippen LogP contribution in [0.2, 0.25) is 0 Å². The van der Waals surface area contributed by atoms with Crippen molar-refractivity contribution >= 4 is 0 Å². The predicted molar refractivity (Wildman–Crippen MR) is 59.0 cm³/mol. The summed E-state index contributed by atoms with van der Waals surface area (Å²) in [5.74, 6) is 2.14. The van der Waals surface area contributed by atoms with E-state index in [-0.39, 0.29) is 0 Å². The molecule has 5 heteroatoms. The lowest BCUT2D eigenvalue weighted by atomic mass is 10.2. The maximum atomic E-state index is 5.83. The Kier molecular flexibility index (Phi) is 2.88. The van der Waals surface area contributed by atoms with Crippen molar-refractivity contribution in [3.63, 3.8) is 0 Å². The predicted octanol–water partition coefficient (Wildman–Crippen LogP) is 0.493. The highest BCUT2D eigenvalue weighted by atomic mass is 16.5. The third-order valence-electron chi connectivity index (χ3n) is 3.40. The lowest BCUT2D eigenvalue weighted by Crippen LogP contribution is -2.19. The van der Waals surface area contributed by atoms with E-state index in [1.165, 1.54) is 12.8 Å². The van der Waals surface area contributed by atoms with Crippen molar-refractivity contribution in [3.8, 4) is 0 Å². The maximum Gasteiger partial charge on any atom is 0.159 e. The molecule has 1 unspecified atom stereocenters. The zero-order valence-electron chi connectivity index (χ0n) is 9.48. The third-order valence-corrected chi connectivity index (χ3v) is 3.40. The van der Waals surface area contributed by atoms with Gasteiger partial charge >= 0.3 is 0 Å². The summed E-state index contributed by atoms with van der Waals surface area (Å²) in [6, 6.07) is 0. The minimum atomic E-state index is 0.358. The molecule has 0 bridgehead atoms. The summed E-state index contributed by atoms with van der Waals surface area (Å²) < 4.78 is 8.06. The molecule has 3 rings (SSSR count). The van der Waals surface area contributed by atoms with Gasteiger partial charge in [-0.3, -0.25) is 0 Å². The number of aryl methyl sites for hydroxylation is 1. The normalized spacial score (nSPS) is 24.6. The number of nitrogens with one attached hydrogen (secondary N) is 1. The van der Waals surface area contributed by atoms with Crippen LogP contribution in [-0.4, -0.2) is 34.0 Å². The molecule has 2 aliphatic rings. The number of fused-ring (bicyclic) bond motifs is 1. The Hall–Kier alpha value is -0.940. The van der Waals surface area contributed by atoms with Gasteiger partial charge in [0.25, 0.3) is 0 Å². The van der Waals surface area contributed by atoms with Gasteiger partial charge in [0.1, 0.15) is 12.4 Å². The molecule has 88 valence electrons. The van der Waals surface area contributed by atoms with E-state index < -0.39 is 0 Å². The molecule has 16 heavy (non-hydrogen) atoms. The standard InChI is InChI=1S/C11H18N4O/c1-2-6-15-10(3-1)13-14-11(15)8-16-9-4-5-12-7-9/h9,12H,1-8H2. The van der Waals surface area contributed by atoms with Crippen LogP contribution in [0, 0.1) is 0 Å². The quantitative estimate of drug-likeness (QED) is 0.809. The number of ether oxygens (including phenoxy) is 1. The molecule has 2 aliphatic heterocycles.